The standard InChI is InChI=1S/C20H40N2O5S/c1-4-5-6-7-8-9-10-11-12-14-20(24)21-15-13-16-22(2,3)17-19(23)18-28(25,26)27/h5-6,19,23H,4,7-18H2,1-3H3,(H-,21,24,25,26,27)/p+1. The van der Waals surface area contributed by atoms with Crippen LogP contribution in [-0.4, -0.2) is 74.1 Å². The summed E-state index contributed by atoms with van der Waals surface area (Å²) in [4.78, 5) is 11.8. The second kappa shape index (κ2) is 15.0. The lowest BCUT2D eigenvalue weighted by Gasteiger charge is -2.31. The number of quaternary nitrogens is 1. The molecule has 0 aliphatic rings. The number of carbonyl (C=O) groups excluding carboxylic acids is 1. The molecule has 0 bridgehead atoms. The predicted octanol–water partition coefficient (Wildman–Crippen LogP) is 2.51. The second-order valence-corrected chi connectivity index (χ2v) is 9.63. The second-order valence-electron chi connectivity index (χ2n) is 8.13. The van der Waals surface area contributed by atoms with Crippen molar-refractivity contribution in [2.45, 2.75) is 70.8 Å². The predicted molar refractivity (Wildman–Crippen MR) is 114 cm³/mol. The van der Waals surface area contributed by atoms with E-state index in [4.69, 9.17) is 4.55 Å². The number of aliphatic hydroxyl groups excluding tert-OH is 1. The first-order valence-corrected chi connectivity index (χ1v) is 12.0. The van der Waals surface area contributed by atoms with E-state index in [1.54, 1.807) is 0 Å². The fraction of sp³-hybridized carbons (Fsp3) is 0.850. The number of likely N-dealkylation sites (N-methyl/N-ethyl adjacent to an activating group) is 1. The van der Waals surface area contributed by atoms with Crippen molar-refractivity contribution in [1.82, 2.24) is 5.32 Å². The molecule has 7 nitrogen and oxygen atoms in total. The first-order chi connectivity index (χ1) is 13.1. The molecule has 0 saturated carbocycles. The molecule has 166 valence electrons. The molecule has 0 aliphatic carbocycles. The van der Waals surface area contributed by atoms with Gasteiger partial charge in [-0.05, 0) is 25.7 Å². The summed E-state index contributed by atoms with van der Waals surface area (Å²) in [5.41, 5.74) is 0. The normalized spacial score (nSPS) is 13.8. The van der Waals surface area contributed by atoms with E-state index in [0.717, 1.165) is 32.1 Å². The summed E-state index contributed by atoms with van der Waals surface area (Å²) in [7, 11) is -0.409. The van der Waals surface area contributed by atoms with E-state index in [9.17, 15) is 18.3 Å². The number of allylic oxidation sites excluding steroid dienone is 2. The maximum atomic E-state index is 11.8. The molecule has 0 aromatic rings. The molecule has 0 heterocycles. The first-order valence-electron chi connectivity index (χ1n) is 10.4. The van der Waals surface area contributed by atoms with E-state index < -0.39 is 22.0 Å². The summed E-state index contributed by atoms with van der Waals surface area (Å²) in [6.07, 6.45) is 12.5. The number of aliphatic hydroxyl groups is 1. The average molecular weight is 422 g/mol. The Labute approximate surface area is 171 Å². The number of unbranched alkanes of at least 4 members (excludes halogenated alkanes) is 5. The minimum atomic E-state index is -4.17. The van der Waals surface area contributed by atoms with Crippen molar-refractivity contribution in [3.8, 4) is 0 Å². The van der Waals surface area contributed by atoms with Crippen LogP contribution in [0.5, 0.6) is 0 Å². The zero-order valence-corrected chi connectivity index (χ0v) is 18.7. The van der Waals surface area contributed by atoms with Crippen LogP contribution in [0.15, 0.2) is 12.2 Å². The van der Waals surface area contributed by atoms with Crippen LogP contribution in [0.4, 0.5) is 0 Å². The SMILES string of the molecule is CCC=CCCCCCCCC(=O)NCCC[N+](C)(C)CC(O)CS(=O)(=O)O. The molecule has 1 atom stereocenters. The Morgan fingerprint density at radius 3 is 2.36 bits per heavy atom. The van der Waals surface area contributed by atoms with E-state index in [0.29, 0.717) is 24.0 Å². The molecule has 0 aromatic heterocycles. The molecule has 0 rings (SSSR count). The molecule has 0 spiro atoms. The molecule has 28 heavy (non-hydrogen) atoms. The maximum Gasteiger partial charge on any atom is 0.267 e. The summed E-state index contributed by atoms with van der Waals surface area (Å²) in [5, 5.41) is 12.7. The summed E-state index contributed by atoms with van der Waals surface area (Å²) >= 11 is 0. The van der Waals surface area contributed by atoms with Crippen LogP contribution in [0.2, 0.25) is 0 Å². The lowest BCUT2D eigenvalue weighted by molar-refractivity contribution is -0.893. The topological polar surface area (TPSA) is 104 Å². The molecule has 3 N–H and O–H groups in total. The smallest absolute Gasteiger partial charge is 0.267 e. The number of carbonyl (C=O) groups is 1. The van der Waals surface area contributed by atoms with E-state index >= 15 is 0 Å². The number of nitrogens with zero attached hydrogens (tertiary/aromatic N) is 1. The van der Waals surface area contributed by atoms with Gasteiger partial charge in [0, 0.05) is 19.4 Å². The molecular weight excluding hydrogens is 380 g/mol. The minimum Gasteiger partial charge on any atom is -0.386 e. The van der Waals surface area contributed by atoms with Crippen molar-refractivity contribution in [3.63, 3.8) is 0 Å². The van der Waals surface area contributed by atoms with Gasteiger partial charge in [0.15, 0.2) is 0 Å². The zero-order chi connectivity index (χ0) is 21.5. The lowest BCUT2D eigenvalue weighted by atomic mass is 10.1. The molecule has 0 fully saturated rings. The molecule has 1 unspecified atom stereocenters. The Morgan fingerprint density at radius 2 is 1.71 bits per heavy atom. The van der Waals surface area contributed by atoms with E-state index in [1.165, 1.54) is 19.3 Å². The number of rotatable bonds is 17. The summed E-state index contributed by atoms with van der Waals surface area (Å²) in [5.74, 6) is -0.580. The fourth-order valence-electron chi connectivity index (χ4n) is 3.14. The van der Waals surface area contributed by atoms with Gasteiger partial charge in [0.05, 0.1) is 20.6 Å². The van der Waals surface area contributed by atoms with Gasteiger partial charge in [-0.25, -0.2) is 0 Å². The molecule has 0 saturated heterocycles. The first kappa shape index (κ1) is 27.0. The molecule has 8 heteroatoms. The highest BCUT2D eigenvalue weighted by Crippen LogP contribution is 2.08. The van der Waals surface area contributed by atoms with Crippen molar-refractivity contribution in [1.29, 1.82) is 0 Å². The zero-order valence-electron chi connectivity index (χ0n) is 17.9. The van der Waals surface area contributed by atoms with Gasteiger partial charge in [0.25, 0.3) is 10.1 Å². The summed E-state index contributed by atoms with van der Waals surface area (Å²) in [6, 6.07) is 0. The number of nitrogens with one attached hydrogen (secondary N) is 1. The van der Waals surface area contributed by atoms with Crippen LogP contribution in [-0.2, 0) is 14.9 Å². The van der Waals surface area contributed by atoms with Crippen LogP contribution >= 0.6 is 0 Å². The van der Waals surface area contributed by atoms with Gasteiger partial charge >= 0.3 is 0 Å². The van der Waals surface area contributed by atoms with Gasteiger partial charge in [-0.1, -0.05) is 38.3 Å². The van der Waals surface area contributed by atoms with Gasteiger partial charge < -0.3 is 14.9 Å². The Balaban J connectivity index is 3.71. The number of amides is 1. The van der Waals surface area contributed by atoms with Crippen LogP contribution in [0.3, 0.4) is 0 Å². The third-order valence-corrected chi connectivity index (χ3v) is 5.35. The van der Waals surface area contributed by atoms with Crippen LogP contribution in [0.1, 0.15) is 64.7 Å². The van der Waals surface area contributed by atoms with E-state index in [2.05, 4.69) is 24.4 Å². The molecule has 0 aliphatic heterocycles. The Morgan fingerprint density at radius 1 is 1.07 bits per heavy atom. The van der Waals surface area contributed by atoms with E-state index in [1.807, 2.05) is 14.1 Å². The van der Waals surface area contributed by atoms with Crippen LogP contribution < -0.4 is 5.32 Å². The largest absolute Gasteiger partial charge is 0.386 e. The van der Waals surface area contributed by atoms with Crippen molar-refractivity contribution >= 4 is 16.0 Å². The number of hydrogen-bond donors (Lipinski definition) is 3. The van der Waals surface area contributed by atoms with Crippen molar-refractivity contribution in [2.75, 3.05) is 39.5 Å². The van der Waals surface area contributed by atoms with Crippen LogP contribution in [0, 0.1) is 0 Å². The lowest BCUT2D eigenvalue weighted by Crippen LogP contribution is -2.48. The number of hydrogen-bond acceptors (Lipinski definition) is 4. The average Bonchev–Trinajstić information content (AvgIpc) is 2.55. The monoisotopic (exact) mass is 421 g/mol. The third kappa shape index (κ3) is 18.4. The fourth-order valence-corrected chi connectivity index (χ4v) is 3.74. The Kier molecular flexibility index (Phi) is 14.4. The maximum absolute atomic E-state index is 11.8. The Hall–Kier alpha value is -0.960. The van der Waals surface area contributed by atoms with Gasteiger partial charge in [-0.3, -0.25) is 9.35 Å². The third-order valence-electron chi connectivity index (χ3n) is 4.55. The van der Waals surface area contributed by atoms with Crippen molar-refractivity contribution in [3.05, 3.63) is 12.2 Å². The van der Waals surface area contributed by atoms with Crippen LogP contribution in [0.25, 0.3) is 0 Å². The molecule has 0 aromatic carbocycles. The van der Waals surface area contributed by atoms with Gasteiger partial charge in [-0.15, -0.1) is 0 Å². The molecular formula is C20H41N2O5S+. The Bertz CT molecular complexity index is 547. The minimum absolute atomic E-state index is 0.0718. The van der Waals surface area contributed by atoms with Crippen molar-refractivity contribution < 1.29 is 27.4 Å². The summed E-state index contributed by atoms with van der Waals surface area (Å²) < 4.78 is 30.8. The van der Waals surface area contributed by atoms with Gasteiger partial charge in [0.2, 0.25) is 5.91 Å². The van der Waals surface area contributed by atoms with E-state index in [-0.39, 0.29) is 12.5 Å². The molecule has 0 radical (unpaired) electrons. The highest BCUT2D eigenvalue weighted by molar-refractivity contribution is 7.85. The van der Waals surface area contributed by atoms with Gasteiger partial charge in [0.1, 0.15) is 18.4 Å². The molecule has 1 amide bonds. The highest BCUT2D eigenvalue weighted by atomic mass is 32.2. The van der Waals surface area contributed by atoms with Gasteiger partial charge in [-0.2, -0.15) is 8.42 Å². The van der Waals surface area contributed by atoms with Crippen molar-refractivity contribution in [2.24, 2.45) is 0 Å². The highest BCUT2D eigenvalue weighted by Gasteiger charge is 2.24. The summed E-state index contributed by atoms with van der Waals surface area (Å²) in [6.45, 7) is 3.62. The quantitative estimate of drug-likeness (QED) is 0.145.